The van der Waals surface area contributed by atoms with Crippen LogP contribution in [0.2, 0.25) is 0 Å². The minimum Gasteiger partial charge on any atom is -0.326 e. The molecule has 112 valence electrons. The highest BCUT2D eigenvalue weighted by atomic mass is 32.2. The van der Waals surface area contributed by atoms with Gasteiger partial charge in [-0.1, -0.05) is 13.0 Å². The lowest BCUT2D eigenvalue weighted by molar-refractivity contribution is 0.579. The molecule has 3 N–H and O–H groups in total. The Morgan fingerprint density at radius 2 is 2.20 bits per heavy atom. The Labute approximate surface area is 125 Å². The highest BCUT2D eigenvalue weighted by molar-refractivity contribution is 8.00. The second-order valence-corrected chi connectivity index (χ2v) is 8.15. The molecule has 0 radical (unpaired) electrons. The molecule has 0 aromatic heterocycles. The predicted octanol–water partition coefficient (Wildman–Crippen LogP) is 1.88. The van der Waals surface area contributed by atoms with E-state index < -0.39 is 10.0 Å². The molecule has 0 spiro atoms. The molecule has 1 fully saturated rings. The Bertz CT molecular complexity index is 552. The number of nitrogens with two attached hydrogens (primary N) is 1. The van der Waals surface area contributed by atoms with Crippen molar-refractivity contribution in [2.24, 2.45) is 5.73 Å². The van der Waals surface area contributed by atoms with Crippen LogP contribution in [0.5, 0.6) is 0 Å². The second-order valence-electron chi connectivity index (χ2n) is 4.98. The van der Waals surface area contributed by atoms with Gasteiger partial charge in [0.05, 0.1) is 4.90 Å². The minimum absolute atomic E-state index is 0.318. The van der Waals surface area contributed by atoms with Crippen LogP contribution in [0.15, 0.2) is 23.1 Å². The van der Waals surface area contributed by atoms with Crippen LogP contribution < -0.4 is 10.5 Å². The summed E-state index contributed by atoms with van der Waals surface area (Å²) >= 11 is 1.85. The number of nitrogens with one attached hydrogen (secondary N) is 1. The fourth-order valence-corrected chi connectivity index (χ4v) is 4.83. The van der Waals surface area contributed by atoms with E-state index in [1.165, 1.54) is 6.42 Å². The Morgan fingerprint density at radius 1 is 1.40 bits per heavy atom. The number of sulfonamides is 1. The maximum atomic E-state index is 12.3. The van der Waals surface area contributed by atoms with E-state index in [1.54, 1.807) is 12.1 Å². The molecule has 6 heteroatoms. The van der Waals surface area contributed by atoms with Gasteiger partial charge in [-0.15, -0.1) is 0 Å². The Hall–Kier alpha value is -0.560. The first-order chi connectivity index (χ1) is 9.56. The molecule has 1 heterocycles. The average molecular weight is 314 g/mol. The van der Waals surface area contributed by atoms with E-state index in [0.29, 0.717) is 23.2 Å². The minimum atomic E-state index is -3.42. The smallest absolute Gasteiger partial charge is 0.240 e. The number of rotatable bonds is 6. The van der Waals surface area contributed by atoms with Gasteiger partial charge in [0, 0.05) is 18.3 Å². The molecule has 0 aliphatic carbocycles. The molecule has 1 aliphatic heterocycles. The summed E-state index contributed by atoms with van der Waals surface area (Å²) in [6.45, 7) is 2.92. The average Bonchev–Trinajstić information content (AvgIpc) is 2.97. The van der Waals surface area contributed by atoms with Gasteiger partial charge in [0.1, 0.15) is 0 Å². The zero-order valence-electron chi connectivity index (χ0n) is 11.8. The number of hydrogen-bond acceptors (Lipinski definition) is 4. The molecular formula is C14H22N2O2S2. The zero-order valence-corrected chi connectivity index (χ0v) is 13.4. The molecule has 4 nitrogen and oxygen atoms in total. The molecule has 20 heavy (non-hydrogen) atoms. The quantitative estimate of drug-likeness (QED) is 0.841. The van der Waals surface area contributed by atoms with Crippen LogP contribution in [0.1, 0.15) is 30.9 Å². The summed E-state index contributed by atoms with van der Waals surface area (Å²) in [6.07, 6.45) is 3.13. The van der Waals surface area contributed by atoms with Crippen LogP contribution in [0.3, 0.4) is 0 Å². The lowest BCUT2D eigenvalue weighted by Crippen LogP contribution is -2.30. The van der Waals surface area contributed by atoms with E-state index in [4.69, 9.17) is 5.73 Å². The van der Waals surface area contributed by atoms with E-state index in [-0.39, 0.29) is 0 Å². The molecule has 0 saturated carbocycles. The molecule has 0 bridgehead atoms. The second kappa shape index (κ2) is 6.93. The van der Waals surface area contributed by atoms with Gasteiger partial charge in [-0.05, 0) is 48.3 Å². The van der Waals surface area contributed by atoms with Crippen LogP contribution in [-0.2, 0) is 23.0 Å². The van der Waals surface area contributed by atoms with Crippen molar-refractivity contribution in [1.29, 1.82) is 0 Å². The number of hydrogen-bond donors (Lipinski definition) is 2. The van der Waals surface area contributed by atoms with Crippen LogP contribution in [0.4, 0.5) is 0 Å². The van der Waals surface area contributed by atoms with Crippen molar-refractivity contribution in [3.63, 3.8) is 0 Å². The van der Waals surface area contributed by atoms with E-state index >= 15 is 0 Å². The maximum absolute atomic E-state index is 12.3. The lowest BCUT2D eigenvalue weighted by Gasteiger charge is -2.13. The van der Waals surface area contributed by atoms with Gasteiger partial charge >= 0.3 is 0 Å². The van der Waals surface area contributed by atoms with E-state index in [0.717, 1.165) is 29.7 Å². The largest absolute Gasteiger partial charge is 0.326 e. The topological polar surface area (TPSA) is 72.2 Å². The SMILES string of the molecule is CCc1ccc(S(=O)(=O)NCC2CCCS2)cc1CN. The molecule has 1 aromatic rings. The standard InChI is InChI=1S/C14H22N2O2S2/c1-2-11-5-6-14(8-12(11)9-15)20(17,18)16-10-13-4-3-7-19-13/h5-6,8,13,16H,2-4,7,9-10,15H2,1H3. The fraction of sp³-hybridized carbons (Fsp3) is 0.571. The summed E-state index contributed by atoms with van der Waals surface area (Å²) in [5.41, 5.74) is 7.71. The van der Waals surface area contributed by atoms with Crippen molar-refractivity contribution >= 4 is 21.8 Å². The molecule has 0 amide bonds. The molecular weight excluding hydrogens is 292 g/mol. The van der Waals surface area contributed by atoms with Gasteiger partial charge in [-0.25, -0.2) is 13.1 Å². The molecule has 1 saturated heterocycles. The van der Waals surface area contributed by atoms with Gasteiger partial charge in [-0.3, -0.25) is 0 Å². The summed E-state index contributed by atoms with van der Waals surface area (Å²) in [4.78, 5) is 0.318. The monoisotopic (exact) mass is 314 g/mol. The Kier molecular flexibility index (Phi) is 5.49. The third-order valence-electron chi connectivity index (χ3n) is 3.61. The highest BCUT2D eigenvalue weighted by Crippen LogP contribution is 2.26. The molecule has 1 aliphatic rings. The van der Waals surface area contributed by atoms with Crippen LogP contribution in [0, 0.1) is 0 Å². The van der Waals surface area contributed by atoms with Gasteiger partial charge in [-0.2, -0.15) is 11.8 Å². The summed E-state index contributed by atoms with van der Waals surface area (Å²) < 4.78 is 27.3. The van der Waals surface area contributed by atoms with Crippen molar-refractivity contribution in [2.75, 3.05) is 12.3 Å². The number of benzene rings is 1. The summed E-state index contributed by atoms with van der Waals surface area (Å²) in [7, 11) is -3.42. The van der Waals surface area contributed by atoms with Crippen molar-refractivity contribution in [2.45, 2.75) is 42.9 Å². The summed E-state index contributed by atoms with van der Waals surface area (Å²) in [6, 6.07) is 5.23. The molecule has 2 rings (SSSR count). The van der Waals surface area contributed by atoms with Crippen molar-refractivity contribution < 1.29 is 8.42 Å². The van der Waals surface area contributed by atoms with Crippen molar-refractivity contribution in [3.8, 4) is 0 Å². The normalized spacial score (nSPS) is 19.4. The van der Waals surface area contributed by atoms with E-state index in [1.807, 2.05) is 24.8 Å². The Balaban J connectivity index is 2.11. The third-order valence-corrected chi connectivity index (χ3v) is 6.43. The lowest BCUT2D eigenvalue weighted by atomic mass is 10.1. The summed E-state index contributed by atoms with van der Waals surface area (Å²) in [5.74, 6) is 1.13. The van der Waals surface area contributed by atoms with E-state index in [2.05, 4.69) is 4.72 Å². The van der Waals surface area contributed by atoms with Crippen LogP contribution >= 0.6 is 11.8 Å². The third kappa shape index (κ3) is 3.75. The van der Waals surface area contributed by atoms with Crippen LogP contribution in [-0.4, -0.2) is 26.0 Å². The van der Waals surface area contributed by atoms with Gasteiger partial charge in [0.25, 0.3) is 0 Å². The zero-order chi connectivity index (χ0) is 14.6. The fourth-order valence-electron chi connectivity index (χ4n) is 2.40. The highest BCUT2D eigenvalue weighted by Gasteiger charge is 2.20. The summed E-state index contributed by atoms with van der Waals surface area (Å²) in [5, 5.41) is 0.411. The molecule has 1 unspecified atom stereocenters. The first-order valence-electron chi connectivity index (χ1n) is 7.00. The predicted molar refractivity (Wildman–Crippen MR) is 84.4 cm³/mol. The van der Waals surface area contributed by atoms with Gasteiger partial charge < -0.3 is 5.73 Å². The van der Waals surface area contributed by atoms with Gasteiger partial charge in [0.15, 0.2) is 0 Å². The van der Waals surface area contributed by atoms with Crippen LogP contribution in [0.25, 0.3) is 0 Å². The molecule has 1 atom stereocenters. The first kappa shape index (κ1) is 15.8. The van der Waals surface area contributed by atoms with Gasteiger partial charge in [0.2, 0.25) is 10.0 Å². The first-order valence-corrected chi connectivity index (χ1v) is 9.53. The maximum Gasteiger partial charge on any atom is 0.240 e. The van der Waals surface area contributed by atoms with E-state index in [9.17, 15) is 8.42 Å². The molecule has 1 aromatic carbocycles. The Morgan fingerprint density at radius 3 is 2.80 bits per heavy atom. The van der Waals surface area contributed by atoms with Crippen molar-refractivity contribution in [3.05, 3.63) is 29.3 Å². The number of thioether (sulfide) groups is 1. The van der Waals surface area contributed by atoms with Crippen molar-refractivity contribution in [1.82, 2.24) is 4.72 Å². The number of aryl methyl sites for hydroxylation is 1.